The summed E-state index contributed by atoms with van der Waals surface area (Å²) in [6.45, 7) is 1.97. The Kier molecular flexibility index (Phi) is 4.45. The lowest BCUT2D eigenvalue weighted by Crippen LogP contribution is -2.32. The molecule has 3 aromatic carbocycles. The molecular weight excluding hydrogens is 392 g/mol. The lowest BCUT2D eigenvalue weighted by molar-refractivity contribution is -0.120. The van der Waals surface area contributed by atoms with Crippen LogP contribution in [0.25, 0.3) is 16.3 Å². The molecule has 1 N–H and O–H groups in total. The van der Waals surface area contributed by atoms with E-state index in [1.165, 1.54) is 16.2 Å². The number of hydrogen-bond acceptors (Lipinski definition) is 4. The molecule has 0 aliphatic carbocycles. The third kappa shape index (κ3) is 2.91. The molecule has 2 heterocycles. The topological polar surface area (TPSA) is 49.4 Å². The molecule has 30 heavy (non-hydrogen) atoms. The number of hydrogen-bond donors (Lipinski definition) is 1. The van der Waals surface area contributed by atoms with Crippen LogP contribution in [0, 0.1) is 6.92 Å². The molecule has 0 radical (unpaired) electrons. The fraction of sp³-hybridized carbons (Fsp3) is 0.0400. The summed E-state index contributed by atoms with van der Waals surface area (Å²) in [6.07, 6.45) is 0. The van der Waals surface area contributed by atoms with Gasteiger partial charge in [0.1, 0.15) is 5.70 Å². The zero-order valence-corrected chi connectivity index (χ0v) is 17.1. The van der Waals surface area contributed by atoms with Crippen LogP contribution in [0.2, 0.25) is 0 Å². The maximum absolute atomic E-state index is 13.6. The zero-order chi connectivity index (χ0) is 20.7. The predicted octanol–water partition coefficient (Wildman–Crippen LogP) is 5.61. The highest BCUT2D eigenvalue weighted by Crippen LogP contribution is 2.38. The third-order valence-corrected chi connectivity index (χ3v) is 6.15. The van der Waals surface area contributed by atoms with Crippen LogP contribution < -0.4 is 10.2 Å². The van der Waals surface area contributed by atoms with Gasteiger partial charge < -0.3 is 5.32 Å². The highest BCUT2D eigenvalue weighted by Gasteiger charge is 2.41. The number of carbonyl (C=O) groups is 2. The van der Waals surface area contributed by atoms with Gasteiger partial charge in [0.15, 0.2) is 0 Å². The number of carbonyl (C=O) groups excluding carboxylic acids is 2. The molecule has 1 aromatic heterocycles. The Balaban J connectivity index is 1.66. The largest absolute Gasteiger partial charge is 0.350 e. The third-order valence-electron chi connectivity index (χ3n) is 5.26. The number of rotatable bonds is 4. The molecule has 5 heteroatoms. The summed E-state index contributed by atoms with van der Waals surface area (Å²) < 4.78 is 0. The Bertz CT molecular complexity index is 1320. The molecular formula is C25H18N2O2S. The van der Waals surface area contributed by atoms with Crippen molar-refractivity contribution < 1.29 is 9.59 Å². The van der Waals surface area contributed by atoms with Crippen LogP contribution in [-0.4, -0.2) is 11.8 Å². The molecule has 0 saturated heterocycles. The van der Waals surface area contributed by atoms with E-state index in [2.05, 4.69) is 5.32 Å². The smallest absolute Gasteiger partial charge is 0.282 e. The number of nitrogens with zero attached hydrogens (tertiary/aromatic N) is 1. The monoisotopic (exact) mass is 410 g/mol. The van der Waals surface area contributed by atoms with Crippen molar-refractivity contribution in [3.63, 3.8) is 0 Å². The van der Waals surface area contributed by atoms with Crippen LogP contribution in [0.4, 0.5) is 11.4 Å². The lowest BCUT2D eigenvalue weighted by atomic mass is 10.1. The Hall–Kier alpha value is -3.70. The normalized spacial score (nSPS) is 14.1. The van der Waals surface area contributed by atoms with Crippen LogP contribution in [0.1, 0.15) is 10.4 Å². The fourth-order valence-electron chi connectivity index (χ4n) is 3.76. The van der Waals surface area contributed by atoms with Gasteiger partial charge in [-0.1, -0.05) is 60.7 Å². The molecule has 4 aromatic rings. The highest BCUT2D eigenvalue weighted by atomic mass is 32.1. The van der Waals surface area contributed by atoms with Gasteiger partial charge in [-0.3, -0.25) is 9.59 Å². The van der Waals surface area contributed by atoms with E-state index in [1.807, 2.05) is 91.2 Å². The number of benzene rings is 3. The van der Waals surface area contributed by atoms with Gasteiger partial charge in [0.05, 0.1) is 11.3 Å². The SMILES string of the molecule is Cc1ccccc1NC1=C(c2cccs2)C(=O)N(c2cccc3ccccc23)C1=O. The molecule has 0 atom stereocenters. The number of fused-ring (bicyclic) bond motifs is 1. The van der Waals surface area contributed by atoms with E-state index in [4.69, 9.17) is 0 Å². The van der Waals surface area contributed by atoms with Crippen molar-refractivity contribution in [3.8, 4) is 0 Å². The molecule has 0 bridgehead atoms. The second kappa shape index (κ2) is 7.28. The van der Waals surface area contributed by atoms with Gasteiger partial charge in [-0.2, -0.15) is 0 Å². The average molecular weight is 410 g/mol. The van der Waals surface area contributed by atoms with E-state index < -0.39 is 0 Å². The molecule has 1 aliphatic rings. The zero-order valence-electron chi connectivity index (χ0n) is 16.3. The minimum Gasteiger partial charge on any atom is -0.350 e. The van der Waals surface area contributed by atoms with Crippen molar-refractivity contribution in [2.24, 2.45) is 0 Å². The van der Waals surface area contributed by atoms with E-state index in [-0.39, 0.29) is 11.8 Å². The van der Waals surface area contributed by atoms with E-state index in [0.29, 0.717) is 17.0 Å². The Morgan fingerprint density at radius 2 is 1.57 bits per heavy atom. The van der Waals surface area contributed by atoms with Gasteiger partial charge in [-0.25, -0.2) is 4.90 Å². The van der Waals surface area contributed by atoms with Crippen LogP contribution in [0.15, 0.2) is 89.9 Å². The first-order chi connectivity index (χ1) is 14.6. The molecule has 0 unspecified atom stereocenters. The van der Waals surface area contributed by atoms with Gasteiger partial charge in [0, 0.05) is 16.0 Å². The summed E-state index contributed by atoms with van der Waals surface area (Å²) in [4.78, 5) is 29.2. The summed E-state index contributed by atoms with van der Waals surface area (Å²) in [7, 11) is 0. The maximum atomic E-state index is 13.6. The summed E-state index contributed by atoms with van der Waals surface area (Å²) in [5.41, 5.74) is 3.12. The molecule has 0 saturated carbocycles. The number of imide groups is 1. The van der Waals surface area contributed by atoms with E-state index in [0.717, 1.165) is 26.9 Å². The van der Waals surface area contributed by atoms with Crippen molar-refractivity contribution in [3.05, 3.63) is 100 Å². The van der Waals surface area contributed by atoms with Crippen molar-refractivity contribution in [1.29, 1.82) is 0 Å². The van der Waals surface area contributed by atoms with Gasteiger partial charge in [0.25, 0.3) is 11.8 Å². The lowest BCUT2D eigenvalue weighted by Gasteiger charge is -2.18. The number of thiophene rings is 1. The molecule has 146 valence electrons. The van der Waals surface area contributed by atoms with Crippen molar-refractivity contribution in [2.75, 3.05) is 10.2 Å². The summed E-state index contributed by atoms with van der Waals surface area (Å²) in [5, 5.41) is 7.00. The van der Waals surface area contributed by atoms with Crippen LogP contribution in [-0.2, 0) is 9.59 Å². The number of aryl methyl sites for hydroxylation is 1. The van der Waals surface area contributed by atoms with Crippen LogP contribution >= 0.6 is 11.3 Å². The first kappa shape index (κ1) is 18.3. The summed E-state index contributed by atoms with van der Waals surface area (Å²) in [5.74, 6) is -0.655. The Morgan fingerprint density at radius 3 is 2.37 bits per heavy atom. The van der Waals surface area contributed by atoms with E-state index in [1.54, 1.807) is 0 Å². The van der Waals surface area contributed by atoms with Crippen LogP contribution in [0.5, 0.6) is 0 Å². The molecule has 5 rings (SSSR count). The number of anilines is 2. The molecule has 0 fully saturated rings. The first-order valence-electron chi connectivity index (χ1n) is 9.62. The minimum absolute atomic E-state index is 0.310. The standard InChI is InChI=1S/C25H18N2O2S/c1-16-8-2-5-12-19(16)26-23-22(21-14-7-15-30-21)24(28)27(25(23)29)20-13-6-10-17-9-3-4-11-18(17)20/h2-15,26H,1H3. The van der Waals surface area contributed by atoms with Crippen LogP contribution in [0.3, 0.4) is 0 Å². The fourth-order valence-corrected chi connectivity index (χ4v) is 4.53. The highest BCUT2D eigenvalue weighted by molar-refractivity contribution is 7.11. The Labute approximate surface area is 178 Å². The number of amides is 2. The first-order valence-corrected chi connectivity index (χ1v) is 10.5. The second-order valence-electron chi connectivity index (χ2n) is 7.11. The average Bonchev–Trinajstić information content (AvgIpc) is 3.36. The Morgan fingerprint density at radius 1 is 0.800 bits per heavy atom. The maximum Gasteiger partial charge on any atom is 0.282 e. The van der Waals surface area contributed by atoms with E-state index >= 15 is 0 Å². The van der Waals surface area contributed by atoms with Gasteiger partial charge in [0.2, 0.25) is 0 Å². The van der Waals surface area contributed by atoms with Gasteiger partial charge in [-0.05, 0) is 41.5 Å². The summed E-state index contributed by atoms with van der Waals surface area (Å²) in [6, 6.07) is 24.9. The molecule has 4 nitrogen and oxygen atoms in total. The van der Waals surface area contributed by atoms with E-state index in [9.17, 15) is 9.59 Å². The van der Waals surface area contributed by atoms with Gasteiger partial charge in [-0.15, -0.1) is 11.3 Å². The van der Waals surface area contributed by atoms with Crippen molar-refractivity contribution >= 4 is 50.9 Å². The molecule has 2 amide bonds. The number of nitrogens with one attached hydrogen (secondary N) is 1. The van der Waals surface area contributed by atoms with Gasteiger partial charge >= 0.3 is 0 Å². The number of para-hydroxylation sites is 1. The molecule has 1 aliphatic heterocycles. The predicted molar refractivity (Wildman–Crippen MR) is 122 cm³/mol. The van der Waals surface area contributed by atoms with Crippen molar-refractivity contribution in [1.82, 2.24) is 0 Å². The molecule has 0 spiro atoms. The quantitative estimate of drug-likeness (QED) is 0.445. The second-order valence-corrected chi connectivity index (χ2v) is 8.06. The summed E-state index contributed by atoms with van der Waals surface area (Å²) >= 11 is 1.45. The minimum atomic E-state index is -0.344. The van der Waals surface area contributed by atoms with Crippen molar-refractivity contribution in [2.45, 2.75) is 6.92 Å².